The third kappa shape index (κ3) is 2.88. The molecule has 0 spiro atoms. The lowest BCUT2D eigenvalue weighted by molar-refractivity contribution is 0.0997. The molecule has 0 atom stereocenters. The summed E-state index contributed by atoms with van der Waals surface area (Å²) in [7, 11) is 3.39. The molecule has 0 aliphatic carbocycles. The van der Waals surface area contributed by atoms with Crippen LogP contribution in [0.4, 0.5) is 5.13 Å². The molecule has 2 heterocycles. The van der Waals surface area contributed by atoms with Crippen molar-refractivity contribution in [1.29, 1.82) is 0 Å². The van der Waals surface area contributed by atoms with Crippen molar-refractivity contribution in [2.75, 3.05) is 19.1 Å². The first-order valence-electron chi connectivity index (χ1n) is 6.60. The number of rotatable bonds is 4. The number of carbonyl (C=O) groups is 1. The Bertz CT molecular complexity index is 764. The van der Waals surface area contributed by atoms with E-state index in [-0.39, 0.29) is 5.91 Å². The van der Waals surface area contributed by atoms with E-state index in [9.17, 15) is 4.79 Å². The van der Waals surface area contributed by atoms with Crippen LogP contribution in [0.25, 0.3) is 11.3 Å². The van der Waals surface area contributed by atoms with Crippen LogP contribution in [-0.4, -0.2) is 25.0 Å². The standard InChI is InChI=1S/C16H14N2O2S2/c1-18(15(19)14-4-3-9-21-14)16-17-13(10-22-16)11-5-7-12(20-2)8-6-11/h3-10H,1-2H3. The van der Waals surface area contributed by atoms with Gasteiger partial charge in [-0.2, -0.15) is 0 Å². The fourth-order valence-corrected chi connectivity index (χ4v) is 3.46. The lowest BCUT2D eigenvalue weighted by atomic mass is 10.2. The smallest absolute Gasteiger partial charge is 0.269 e. The predicted molar refractivity (Wildman–Crippen MR) is 91.2 cm³/mol. The lowest BCUT2D eigenvalue weighted by Crippen LogP contribution is -2.25. The van der Waals surface area contributed by atoms with Crippen molar-refractivity contribution in [3.05, 3.63) is 52.0 Å². The highest BCUT2D eigenvalue weighted by Gasteiger charge is 2.17. The zero-order valence-corrected chi connectivity index (χ0v) is 13.8. The number of benzene rings is 1. The first-order chi connectivity index (χ1) is 10.7. The topological polar surface area (TPSA) is 42.4 Å². The minimum Gasteiger partial charge on any atom is -0.497 e. The summed E-state index contributed by atoms with van der Waals surface area (Å²) in [4.78, 5) is 19.2. The maximum Gasteiger partial charge on any atom is 0.269 e. The van der Waals surface area contributed by atoms with Gasteiger partial charge >= 0.3 is 0 Å². The lowest BCUT2D eigenvalue weighted by Gasteiger charge is -2.12. The van der Waals surface area contributed by atoms with Gasteiger partial charge in [0.1, 0.15) is 5.75 Å². The van der Waals surface area contributed by atoms with Crippen LogP contribution in [0.2, 0.25) is 0 Å². The molecule has 1 aromatic carbocycles. The largest absolute Gasteiger partial charge is 0.497 e. The molecule has 0 N–H and O–H groups in total. The highest BCUT2D eigenvalue weighted by atomic mass is 32.1. The van der Waals surface area contributed by atoms with E-state index in [2.05, 4.69) is 4.98 Å². The molecule has 4 nitrogen and oxygen atoms in total. The molecule has 3 rings (SSSR count). The van der Waals surface area contributed by atoms with E-state index in [0.717, 1.165) is 17.0 Å². The number of anilines is 1. The van der Waals surface area contributed by atoms with Gasteiger partial charge in [0.05, 0.1) is 17.7 Å². The number of hydrogen-bond donors (Lipinski definition) is 0. The number of methoxy groups -OCH3 is 1. The van der Waals surface area contributed by atoms with Gasteiger partial charge in [-0.3, -0.25) is 9.69 Å². The molecular formula is C16H14N2O2S2. The van der Waals surface area contributed by atoms with Crippen LogP contribution in [0.15, 0.2) is 47.2 Å². The number of thiophene rings is 1. The second kappa shape index (κ2) is 6.29. The van der Waals surface area contributed by atoms with Crippen molar-refractivity contribution in [1.82, 2.24) is 4.98 Å². The summed E-state index contributed by atoms with van der Waals surface area (Å²) in [5.41, 5.74) is 1.86. The Kier molecular flexibility index (Phi) is 4.22. The number of aromatic nitrogens is 1. The Morgan fingerprint density at radius 2 is 1.95 bits per heavy atom. The molecule has 3 aromatic rings. The molecular weight excluding hydrogens is 316 g/mol. The fourth-order valence-electron chi connectivity index (χ4n) is 1.97. The van der Waals surface area contributed by atoms with Crippen molar-refractivity contribution < 1.29 is 9.53 Å². The molecule has 0 radical (unpaired) electrons. The molecule has 2 aromatic heterocycles. The third-order valence-corrected chi connectivity index (χ3v) is 4.98. The minimum absolute atomic E-state index is 0.0365. The van der Waals surface area contributed by atoms with Gasteiger partial charge in [-0.05, 0) is 35.7 Å². The third-order valence-electron chi connectivity index (χ3n) is 3.20. The molecule has 0 fully saturated rings. The summed E-state index contributed by atoms with van der Waals surface area (Å²) in [6, 6.07) is 11.4. The van der Waals surface area contributed by atoms with Gasteiger partial charge in [0.15, 0.2) is 5.13 Å². The average Bonchev–Trinajstić information content (AvgIpc) is 3.25. The van der Waals surface area contributed by atoms with E-state index in [1.165, 1.54) is 22.7 Å². The number of carbonyl (C=O) groups excluding carboxylic acids is 1. The van der Waals surface area contributed by atoms with Crippen molar-refractivity contribution in [3.63, 3.8) is 0 Å². The van der Waals surface area contributed by atoms with Gasteiger partial charge in [0.2, 0.25) is 0 Å². The highest BCUT2D eigenvalue weighted by Crippen LogP contribution is 2.29. The van der Waals surface area contributed by atoms with E-state index < -0.39 is 0 Å². The highest BCUT2D eigenvalue weighted by molar-refractivity contribution is 7.14. The van der Waals surface area contributed by atoms with Gasteiger partial charge in [-0.1, -0.05) is 6.07 Å². The van der Waals surface area contributed by atoms with Gasteiger partial charge in [-0.15, -0.1) is 22.7 Å². The van der Waals surface area contributed by atoms with E-state index >= 15 is 0 Å². The zero-order valence-electron chi connectivity index (χ0n) is 12.1. The summed E-state index contributed by atoms with van der Waals surface area (Å²) in [5.74, 6) is 0.773. The van der Waals surface area contributed by atoms with Gasteiger partial charge < -0.3 is 4.74 Å². The molecule has 0 unspecified atom stereocenters. The normalized spacial score (nSPS) is 10.5. The Labute approximate surface area is 136 Å². The summed E-state index contributed by atoms with van der Waals surface area (Å²) in [5, 5.41) is 4.53. The second-order valence-corrected chi connectivity index (χ2v) is 6.37. The van der Waals surface area contributed by atoms with E-state index in [1.807, 2.05) is 47.2 Å². The average molecular weight is 330 g/mol. The van der Waals surface area contributed by atoms with E-state index in [0.29, 0.717) is 10.0 Å². The summed E-state index contributed by atoms with van der Waals surface area (Å²) >= 11 is 2.89. The Balaban J connectivity index is 1.82. The van der Waals surface area contributed by atoms with Gasteiger partial charge in [-0.25, -0.2) is 4.98 Å². The predicted octanol–water partition coefficient (Wildman–Crippen LogP) is 4.16. The second-order valence-electron chi connectivity index (χ2n) is 4.59. The maximum atomic E-state index is 12.3. The van der Waals surface area contributed by atoms with Crippen LogP contribution in [-0.2, 0) is 0 Å². The SMILES string of the molecule is COc1ccc(-c2csc(N(C)C(=O)c3cccs3)n2)cc1. The molecule has 0 aliphatic rings. The number of ether oxygens (including phenoxy) is 1. The van der Waals surface area contributed by atoms with Gasteiger partial charge in [0, 0.05) is 18.0 Å². The summed E-state index contributed by atoms with van der Waals surface area (Å²) in [6.07, 6.45) is 0. The Morgan fingerprint density at radius 3 is 2.59 bits per heavy atom. The minimum atomic E-state index is -0.0365. The number of nitrogens with zero attached hydrogens (tertiary/aromatic N) is 2. The van der Waals surface area contributed by atoms with Crippen LogP contribution in [0.3, 0.4) is 0 Å². The van der Waals surface area contributed by atoms with E-state index in [4.69, 9.17) is 4.74 Å². The maximum absolute atomic E-state index is 12.3. The van der Waals surface area contributed by atoms with Crippen LogP contribution in [0, 0.1) is 0 Å². The summed E-state index contributed by atoms with van der Waals surface area (Å²) in [6.45, 7) is 0. The van der Waals surface area contributed by atoms with Crippen molar-refractivity contribution >= 4 is 33.7 Å². The van der Waals surface area contributed by atoms with Gasteiger partial charge in [0.25, 0.3) is 5.91 Å². The Hall–Kier alpha value is -2.18. The molecule has 0 saturated heterocycles. The van der Waals surface area contributed by atoms with E-state index in [1.54, 1.807) is 19.1 Å². The van der Waals surface area contributed by atoms with Crippen LogP contribution in [0.1, 0.15) is 9.67 Å². The van der Waals surface area contributed by atoms with Crippen LogP contribution >= 0.6 is 22.7 Å². The van der Waals surface area contributed by atoms with Crippen molar-refractivity contribution in [2.45, 2.75) is 0 Å². The first-order valence-corrected chi connectivity index (χ1v) is 8.36. The molecule has 0 aliphatic heterocycles. The monoisotopic (exact) mass is 330 g/mol. The first kappa shape index (κ1) is 14.7. The number of thiazole rings is 1. The number of hydrogen-bond acceptors (Lipinski definition) is 5. The number of amides is 1. The molecule has 6 heteroatoms. The summed E-state index contributed by atoms with van der Waals surface area (Å²) < 4.78 is 5.15. The zero-order chi connectivity index (χ0) is 15.5. The van der Waals surface area contributed by atoms with Crippen LogP contribution in [0.5, 0.6) is 5.75 Å². The van der Waals surface area contributed by atoms with Crippen LogP contribution < -0.4 is 9.64 Å². The molecule has 112 valence electrons. The molecule has 22 heavy (non-hydrogen) atoms. The van der Waals surface area contributed by atoms with Crippen molar-refractivity contribution in [2.24, 2.45) is 0 Å². The van der Waals surface area contributed by atoms with Crippen molar-refractivity contribution in [3.8, 4) is 17.0 Å². The quantitative estimate of drug-likeness (QED) is 0.721. The fraction of sp³-hybridized carbons (Fsp3) is 0.125. The Morgan fingerprint density at radius 1 is 1.18 bits per heavy atom. The molecule has 1 amide bonds. The molecule has 0 saturated carbocycles. The molecule has 0 bridgehead atoms.